The number of carbonyl (C=O) groups excluding carboxylic acids is 1. The summed E-state index contributed by atoms with van der Waals surface area (Å²) in [5, 5.41) is 9.19. The molecule has 98 valence electrons. The summed E-state index contributed by atoms with van der Waals surface area (Å²) >= 11 is 1.58. The van der Waals surface area contributed by atoms with Crippen LogP contribution in [0.15, 0.2) is 6.07 Å². The van der Waals surface area contributed by atoms with Gasteiger partial charge in [0.15, 0.2) is 0 Å². The Morgan fingerprint density at radius 1 is 1.39 bits per heavy atom. The molecule has 0 aliphatic carbocycles. The van der Waals surface area contributed by atoms with Crippen molar-refractivity contribution in [3.05, 3.63) is 21.4 Å². The Morgan fingerprint density at radius 3 is 2.67 bits per heavy atom. The van der Waals surface area contributed by atoms with Crippen LogP contribution in [-0.4, -0.2) is 34.5 Å². The van der Waals surface area contributed by atoms with Crippen molar-refractivity contribution in [3.63, 3.8) is 0 Å². The standard InChI is InChI=1S/C13H17NO3S/c1-8-7-10(9(2)18-8)12(15)14-6-4-3-5-11(14)13(16)17/h7,11H,3-6H2,1-2H3,(H,16,17)/t11-/m1/s1. The van der Waals surface area contributed by atoms with E-state index >= 15 is 0 Å². The lowest BCUT2D eigenvalue weighted by molar-refractivity contribution is -0.143. The topological polar surface area (TPSA) is 57.6 Å². The zero-order valence-electron chi connectivity index (χ0n) is 10.6. The van der Waals surface area contributed by atoms with E-state index in [0.717, 1.165) is 22.6 Å². The largest absolute Gasteiger partial charge is 0.480 e. The number of thiophene rings is 1. The maximum atomic E-state index is 12.4. The predicted octanol–water partition coefficient (Wildman–Crippen LogP) is 2.44. The molecular formula is C13H17NO3S. The van der Waals surface area contributed by atoms with Crippen LogP contribution in [0.2, 0.25) is 0 Å². The minimum Gasteiger partial charge on any atom is -0.480 e. The molecule has 0 saturated carbocycles. The maximum absolute atomic E-state index is 12.4. The molecule has 1 atom stereocenters. The van der Waals surface area contributed by atoms with Gasteiger partial charge in [-0.1, -0.05) is 0 Å². The molecule has 0 spiro atoms. The summed E-state index contributed by atoms with van der Waals surface area (Å²) < 4.78 is 0. The molecule has 2 rings (SSSR count). The van der Waals surface area contributed by atoms with Crippen molar-refractivity contribution < 1.29 is 14.7 Å². The van der Waals surface area contributed by atoms with Crippen LogP contribution in [0, 0.1) is 13.8 Å². The normalized spacial score (nSPS) is 19.9. The zero-order chi connectivity index (χ0) is 13.3. The van der Waals surface area contributed by atoms with Gasteiger partial charge in [-0.25, -0.2) is 4.79 Å². The number of carboxylic acid groups (broad SMARTS) is 1. The predicted molar refractivity (Wildman–Crippen MR) is 70.1 cm³/mol. The minimum absolute atomic E-state index is 0.135. The van der Waals surface area contributed by atoms with Crippen molar-refractivity contribution in [2.24, 2.45) is 0 Å². The van der Waals surface area contributed by atoms with E-state index in [2.05, 4.69) is 0 Å². The van der Waals surface area contributed by atoms with Crippen molar-refractivity contribution in [2.45, 2.75) is 39.2 Å². The molecule has 0 unspecified atom stereocenters. The number of amides is 1. The highest BCUT2D eigenvalue weighted by atomic mass is 32.1. The first-order chi connectivity index (χ1) is 8.50. The SMILES string of the molecule is Cc1cc(C(=O)N2CCCC[C@@H]2C(=O)O)c(C)s1. The second-order valence-electron chi connectivity index (χ2n) is 4.68. The van der Waals surface area contributed by atoms with E-state index in [-0.39, 0.29) is 5.91 Å². The van der Waals surface area contributed by atoms with Gasteiger partial charge in [0.05, 0.1) is 5.56 Å². The van der Waals surface area contributed by atoms with E-state index in [1.807, 2.05) is 19.9 Å². The van der Waals surface area contributed by atoms with Gasteiger partial charge in [-0.2, -0.15) is 0 Å². The highest BCUT2D eigenvalue weighted by Crippen LogP contribution is 2.25. The summed E-state index contributed by atoms with van der Waals surface area (Å²) in [4.78, 5) is 27.2. The summed E-state index contributed by atoms with van der Waals surface area (Å²) in [5.41, 5.74) is 0.658. The van der Waals surface area contributed by atoms with Gasteiger partial charge < -0.3 is 10.0 Å². The van der Waals surface area contributed by atoms with Gasteiger partial charge in [-0.3, -0.25) is 4.79 Å². The summed E-state index contributed by atoms with van der Waals surface area (Å²) in [6.07, 6.45) is 2.32. The van der Waals surface area contributed by atoms with Crippen LogP contribution >= 0.6 is 11.3 Å². The number of nitrogens with zero attached hydrogens (tertiary/aromatic N) is 1. The first-order valence-corrected chi connectivity index (χ1v) is 6.93. The minimum atomic E-state index is -0.896. The summed E-state index contributed by atoms with van der Waals surface area (Å²) in [7, 11) is 0. The number of carboxylic acids is 1. The molecule has 1 aromatic rings. The van der Waals surface area contributed by atoms with E-state index in [4.69, 9.17) is 0 Å². The van der Waals surface area contributed by atoms with Crippen molar-refractivity contribution in [1.29, 1.82) is 0 Å². The lowest BCUT2D eigenvalue weighted by atomic mass is 10.0. The van der Waals surface area contributed by atoms with Gasteiger partial charge in [0.1, 0.15) is 6.04 Å². The third-order valence-electron chi connectivity index (χ3n) is 3.32. The summed E-state index contributed by atoms with van der Waals surface area (Å²) in [6.45, 7) is 4.41. The van der Waals surface area contributed by atoms with Crippen LogP contribution in [-0.2, 0) is 4.79 Å². The molecule has 0 aromatic carbocycles. The number of hydrogen-bond acceptors (Lipinski definition) is 3. The first-order valence-electron chi connectivity index (χ1n) is 6.11. The molecule has 1 aliphatic rings. The Morgan fingerprint density at radius 2 is 2.11 bits per heavy atom. The van der Waals surface area contributed by atoms with Gasteiger partial charge in [0.2, 0.25) is 0 Å². The van der Waals surface area contributed by atoms with Crippen LogP contribution in [0.25, 0.3) is 0 Å². The van der Waals surface area contributed by atoms with Crippen LogP contribution in [0.3, 0.4) is 0 Å². The van der Waals surface area contributed by atoms with Gasteiger partial charge in [0, 0.05) is 16.3 Å². The zero-order valence-corrected chi connectivity index (χ0v) is 11.4. The molecule has 0 bridgehead atoms. The number of carbonyl (C=O) groups is 2. The lowest BCUT2D eigenvalue weighted by Gasteiger charge is -2.32. The third-order valence-corrected chi connectivity index (χ3v) is 4.29. The summed E-state index contributed by atoms with van der Waals surface area (Å²) in [5.74, 6) is -1.03. The number of rotatable bonds is 2. The van der Waals surface area contributed by atoms with Crippen LogP contribution < -0.4 is 0 Å². The van der Waals surface area contributed by atoms with Crippen LogP contribution in [0.4, 0.5) is 0 Å². The van der Waals surface area contributed by atoms with Gasteiger partial charge in [0.25, 0.3) is 5.91 Å². The van der Waals surface area contributed by atoms with E-state index in [1.54, 1.807) is 11.3 Å². The second kappa shape index (κ2) is 5.10. The molecule has 0 radical (unpaired) electrons. The fourth-order valence-corrected chi connectivity index (χ4v) is 3.35. The smallest absolute Gasteiger partial charge is 0.326 e. The Hall–Kier alpha value is -1.36. The molecule has 1 aliphatic heterocycles. The van der Waals surface area contributed by atoms with Crippen molar-refractivity contribution in [1.82, 2.24) is 4.90 Å². The van der Waals surface area contributed by atoms with Crippen LogP contribution in [0.5, 0.6) is 0 Å². The van der Waals surface area contributed by atoms with E-state index in [1.165, 1.54) is 4.90 Å². The van der Waals surface area contributed by atoms with Crippen molar-refractivity contribution >= 4 is 23.2 Å². The van der Waals surface area contributed by atoms with Crippen LogP contribution in [0.1, 0.15) is 39.4 Å². The van der Waals surface area contributed by atoms with E-state index < -0.39 is 12.0 Å². The first kappa shape index (κ1) is 13.1. The Bertz CT molecular complexity index is 481. The highest BCUT2D eigenvalue weighted by molar-refractivity contribution is 7.12. The molecule has 1 amide bonds. The average Bonchev–Trinajstić information content (AvgIpc) is 2.67. The monoisotopic (exact) mass is 267 g/mol. The molecule has 1 fully saturated rings. The number of aliphatic carboxylic acids is 1. The van der Waals surface area contributed by atoms with Gasteiger partial charge >= 0.3 is 5.97 Å². The fraction of sp³-hybridized carbons (Fsp3) is 0.538. The molecule has 5 heteroatoms. The molecule has 2 heterocycles. The molecule has 1 saturated heterocycles. The van der Waals surface area contributed by atoms with Gasteiger partial charge in [-0.15, -0.1) is 11.3 Å². The fourth-order valence-electron chi connectivity index (χ4n) is 2.43. The Labute approximate surface area is 110 Å². The number of likely N-dealkylation sites (tertiary alicyclic amines) is 1. The second-order valence-corrected chi connectivity index (χ2v) is 6.14. The molecule has 1 N–H and O–H groups in total. The quantitative estimate of drug-likeness (QED) is 0.895. The Balaban J connectivity index is 2.26. The van der Waals surface area contributed by atoms with E-state index in [9.17, 15) is 14.7 Å². The van der Waals surface area contributed by atoms with E-state index in [0.29, 0.717) is 18.5 Å². The molecule has 18 heavy (non-hydrogen) atoms. The lowest BCUT2D eigenvalue weighted by Crippen LogP contribution is -2.48. The van der Waals surface area contributed by atoms with Crippen molar-refractivity contribution in [2.75, 3.05) is 6.54 Å². The third kappa shape index (κ3) is 2.41. The number of hydrogen-bond donors (Lipinski definition) is 1. The Kier molecular flexibility index (Phi) is 3.71. The average molecular weight is 267 g/mol. The number of aryl methyl sites for hydroxylation is 2. The van der Waals surface area contributed by atoms with Crippen molar-refractivity contribution in [3.8, 4) is 0 Å². The molecule has 4 nitrogen and oxygen atoms in total. The maximum Gasteiger partial charge on any atom is 0.326 e. The van der Waals surface area contributed by atoms with Gasteiger partial charge in [-0.05, 0) is 39.2 Å². The number of piperidine rings is 1. The highest BCUT2D eigenvalue weighted by Gasteiger charge is 2.33. The molecule has 1 aromatic heterocycles. The molecular weight excluding hydrogens is 250 g/mol. The summed E-state index contributed by atoms with van der Waals surface area (Å²) in [6, 6.07) is 1.20.